The third kappa shape index (κ3) is 4.70. The number of nitrogens with one attached hydrogen (secondary N) is 1. The molecule has 0 bridgehead atoms. The average Bonchev–Trinajstić information content (AvgIpc) is 3.12. The highest BCUT2D eigenvalue weighted by Crippen LogP contribution is 2.38. The fourth-order valence-corrected chi connectivity index (χ4v) is 3.92. The lowest BCUT2D eigenvalue weighted by atomic mass is 10.2. The first-order chi connectivity index (χ1) is 17.2. The van der Waals surface area contributed by atoms with E-state index in [0.29, 0.717) is 35.0 Å². The summed E-state index contributed by atoms with van der Waals surface area (Å²) in [4.78, 5) is 37.0. The Morgan fingerprint density at radius 1 is 1.11 bits per heavy atom. The van der Waals surface area contributed by atoms with Gasteiger partial charge in [-0.25, -0.2) is 14.3 Å². The second-order valence-electron chi connectivity index (χ2n) is 8.55. The number of rotatable bonds is 9. The van der Waals surface area contributed by atoms with Crippen molar-refractivity contribution < 1.29 is 9.66 Å². The molecule has 4 aromatic rings. The zero-order valence-electron chi connectivity index (χ0n) is 20.8. The van der Waals surface area contributed by atoms with Crippen LogP contribution in [0.4, 0.5) is 23.0 Å². The number of methoxy groups -OCH3 is 1. The Morgan fingerprint density at radius 2 is 1.83 bits per heavy atom. The minimum atomic E-state index is -0.431. The van der Waals surface area contributed by atoms with Gasteiger partial charge in [0, 0.05) is 51.6 Å². The molecule has 4 rings (SSSR count). The number of fused-ring (bicyclic) bond motifs is 1. The van der Waals surface area contributed by atoms with Crippen LogP contribution in [0.2, 0.25) is 0 Å². The Labute approximate surface area is 207 Å². The first-order valence-electron chi connectivity index (χ1n) is 11.2. The van der Waals surface area contributed by atoms with Crippen LogP contribution in [-0.4, -0.2) is 70.3 Å². The molecule has 0 aliphatic rings. The molecule has 12 nitrogen and oxygen atoms in total. The van der Waals surface area contributed by atoms with E-state index in [-0.39, 0.29) is 17.3 Å². The first-order valence-corrected chi connectivity index (χ1v) is 11.2. The summed E-state index contributed by atoms with van der Waals surface area (Å²) >= 11 is 0. The van der Waals surface area contributed by atoms with Gasteiger partial charge < -0.3 is 19.9 Å². The van der Waals surface area contributed by atoms with E-state index >= 15 is 0 Å². The number of nitro benzene ring substituents is 1. The zero-order valence-corrected chi connectivity index (χ0v) is 20.8. The molecule has 0 fully saturated rings. The van der Waals surface area contributed by atoms with E-state index in [9.17, 15) is 14.9 Å². The van der Waals surface area contributed by atoms with E-state index < -0.39 is 4.92 Å². The third-order valence-electron chi connectivity index (χ3n) is 5.87. The highest BCUT2D eigenvalue weighted by Gasteiger charge is 2.22. The van der Waals surface area contributed by atoms with Crippen molar-refractivity contribution >= 4 is 34.0 Å². The van der Waals surface area contributed by atoms with Crippen molar-refractivity contribution in [1.29, 1.82) is 0 Å². The molecule has 0 saturated heterocycles. The summed E-state index contributed by atoms with van der Waals surface area (Å²) in [5, 5.41) is 14.9. The summed E-state index contributed by atoms with van der Waals surface area (Å²) in [7, 11) is 8.87. The van der Waals surface area contributed by atoms with Gasteiger partial charge in [-0.2, -0.15) is 4.98 Å². The Kier molecular flexibility index (Phi) is 6.88. The lowest BCUT2D eigenvalue weighted by Crippen LogP contribution is -2.29. The lowest BCUT2D eigenvalue weighted by molar-refractivity contribution is -0.384. The van der Waals surface area contributed by atoms with Crippen molar-refractivity contribution in [3.05, 3.63) is 69.3 Å². The van der Waals surface area contributed by atoms with Gasteiger partial charge in [0.05, 0.1) is 28.8 Å². The molecule has 2 aromatic carbocycles. The number of ether oxygens (including phenoxy) is 1. The summed E-state index contributed by atoms with van der Waals surface area (Å²) in [5.74, 6) is 0.917. The standard InChI is InChI=1S/C24H28N8O4/c1-28(2)12-13-29(3)19-15-21(36-5)16(14-20(19)32(34)35)26-23-25-11-10-22(27-23)31-18-9-7-6-8-17(18)30(4)24(31)33/h6-11,14-15H,12-13H2,1-5H3,(H,25,26,27). The van der Waals surface area contributed by atoms with Crippen molar-refractivity contribution in [3.8, 4) is 11.6 Å². The third-order valence-corrected chi connectivity index (χ3v) is 5.87. The number of aryl methyl sites for hydroxylation is 1. The van der Waals surface area contributed by atoms with Crippen LogP contribution in [-0.2, 0) is 7.05 Å². The molecular weight excluding hydrogens is 464 g/mol. The lowest BCUT2D eigenvalue weighted by Gasteiger charge is -2.22. The van der Waals surface area contributed by atoms with Crippen LogP contribution in [0.15, 0.2) is 53.5 Å². The SMILES string of the molecule is COc1cc(N(C)CCN(C)C)c([N+](=O)[O-])cc1Nc1nccc(-n2c(=O)n(C)c3ccccc32)n1. The van der Waals surface area contributed by atoms with E-state index in [2.05, 4.69) is 15.3 Å². The molecular formula is C24H28N8O4. The van der Waals surface area contributed by atoms with Crippen LogP contribution in [0.3, 0.4) is 0 Å². The molecule has 0 atom stereocenters. The second kappa shape index (κ2) is 10.0. The van der Waals surface area contributed by atoms with Crippen LogP contribution in [0.25, 0.3) is 16.9 Å². The molecule has 0 amide bonds. The molecule has 0 radical (unpaired) electrons. The fraction of sp³-hybridized carbons (Fsp3) is 0.292. The smallest absolute Gasteiger partial charge is 0.334 e. The van der Waals surface area contributed by atoms with E-state index in [1.54, 1.807) is 30.8 Å². The summed E-state index contributed by atoms with van der Waals surface area (Å²) < 4.78 is 8.56. The Morgan fingerprint density at radius 3 is 2.50 bits per heavy atom. The largest absolute Gasteiger partial charge is 0.494 e. The predicted octanol–water partition coefficient (Wildman–Crippen LogP) is 2.78. The normalized spacial score (nSPS) is 11.2. The van der Waals surface area contributed by atoms with E-state index in [1.807, 2.05) is 48.2 Å². The molecule has 0 aliphatic heterocycles. The molecule has 2 heterocycles. The highest BCUT2D eigenvalue weighted by molar-refractivity contribution is 5.78. The maximum Gasteiger partial charge on any atom is 0.334 e. The van der Waals surface area contributed by atoms with Gasteiger partial charge in [0.2, 0.25) is 5.95 Å². The van der Waals surface area contributed by atoms with Crippen LogP contribution in [0.5, 0.6) is 5.75 Å². The molecule has 0 spiro atoms. The maximum atomic E-state index is 12.9. The molecule has 188 valence electrons. The summed E-state index contributed by atoms with van der Waals surface area (Å²) in [6, 6.07) is 12.1. The molecule has 0 aliphatic carbocycles. The molecule has 12 heteroatoms. The van der Waals surface area contributed by atoms with E-state index in [1.165, 1.54) is 23.9 Å². The van der Waals surface area contributed by atoms with Crippen molar-refractivity contribution in [3.63, 3.8) is 0 Å². The second-order valence-corrected chi connectivity index (χ2v) is 8.55. The first kappa shape index (κ1) is 24.7. The zero-order chi connectivity index (χ0) is 26.0. The van der Waals surface area contributed by atoms with Gasteiger partial charge in [0.1, 0.15) is 17.3 Å². The number of para-hydroxylation sites is 2. The van der Waals surface area contributed by atoms with E-state index in [0.717, 1.165) is 12.1 Å². The number of hydrogen-bond acceptors (Lipinski definition) is 9. The van der Waals surface area contributed by atoms with Crippen molar-refractivity contribution in [1.82, 2.24) is 24.0 Å². The van der Waals surface area contributed by atoms with Crippen molar-refractivity contribution in [2.24, 2.45) is 7.05 Å². The summed E-state index contributed by atoms with van der Waals surface area (Å²) in [6.45, 7) is 1.32. The van der Waals surface area contributed by atoms with Crippen molar-refractivity contribution in [2.75, 3.05) is 51.6 Å². The summed E-state index contributed by atoms with van der Waals surface area (Å²) in [5.41, 5.74) is 1.90. The number of imidazole rings is 1. The van der Waals surface area contributed by atoms with Gasteiger partial charge in [0.25, 0.3) is 5.69 Å². The van der Waals surface area contributed by atoms with Gasteiger partial charge in [-0.15, -0.1) is 0 Å². The molecule has 2 aromatic heterocycles. The maximum absolute atomic E-state index is 12.9. The number of benzene rings is 2. The molecule has 0 saturated carbocycles. The van der Waals surface area contributed by atoms with E-state index in [4.69, 9.17) is 4.74 Å². The van der Waals surface area contributed by atoms with Crippen LogP contribution < -0.4 is 20.6 Å². The Hall–Kier alpha value is -4.45. The number of aromatic nitrogens is 4. The van der Waals surface area contributed by atoms with Gasteiger partial charge in [-0.3, -0.25) is 14.7 Å². The molecule has 1 N–H and O–H groups in total. The average molecular weight is 493 g/mol. The summed E-state index contributed by atoms with van der Waals surface area (Å²) in [6.07, 6.45) is 1.52. The Bertz CT molecular complexity index is 1480. The number of hydrogen-bond donors (Lipinski definition) is 1. The molecule has 36 heavy (non-hydrogen) atoms. The number of nitro groups is 1. The van der Waals surface area contributed by atoms with Gasteiger partial charge >= 0.3 is 5.69 Å². The predicted molar refractivity (Wildman–Crippen MR) is 139 cm³/mol. The van der Waals surface area contributed by atoms with Gasteiger partial charge in [-0.1, -0.05) is 12.1 Å². The van der Waals surface area contributed by atoms with Crippen LogP contribution in [0.1, 0.15) is 0 Å². The number of anilines is 3. The quantitative estimate of drug-likeness (QED) is 0.277. The molecule has 0 unspecified atom stereocenters. The number of nitrogens with zero attached hydrogens (tertiary/aromatic N) is 7. The van der Waals surface area contributed by atoms with Gasteiger partial charge in [-0.05, 0) is 26.2 Å². The fourth-order valence-electron chi connectivity index (χ4n) is 3.92. The van der Waals surface area contributed by atoms with Gasteiger partial charge in [0.15, 0.2) is 0 Å². The monoisotopic (exact) mass is 492 g/mol. The van der Waals surface area contributed by atoms with Crippen LogP contribution in [0, 0.1) is 10.1 Å². The van der Waals surface area contributed by atoms with Crippen LogP contribution >= 0.6 is 0 Å². The topological polar surface area (TPSA) is 124 Å². The minimum absolute atomic E-state index is 0.0824. The Balaban J connectivity index is 1.73. The number of likely N-dealkylation sites (N-methyl/N-ethyl adjacent to an activating group) is 2. The minimum Gasteiger partial charge on any atom is -0.494 e. The van der Waals surface area contributed by atoms with Crippen molar-refractivity contribution in [2.45, 2.75) is 0 Å². The highest BCUT2D eigenvalue weighted by atomic mass is 16.6.